The summed E-state index contributed by atoms with van der Waals surface area (Å²) < 4.78 is 13.1. The molecule has 140 valence electrons. The third kappa shape index (κ3) is 3.96. The van der Waals surface area contributed by atoms with Crippen LogP contribution in [-0.4, -0.2) is 37.6 Å². The average molecular weight is 373 g/mol. The highest BCUT2D eigenvalue weighted by atomic mass is 32.1. The van der Waals surface area contributed by atoms with E-state index >= 15 is 0 Å². The Labute approximate surface area is 160 Å². The van der Waals surface area contributed by atoms with Gasteiger partial charge in [-0.1, -0.05) is 0 Å². The van der Waals surface area contributed by atoms with Gasteiger partial charge in [0.1, 0.15) is 5.82 Å². The highest BCUT2D eigenvalue weighted by Crippen LogP contribution is 2.34. The Morgan fingerprint density at radius 3 is 2.50 bits per heavy atom. The van der Waals surface area contributed by atoms with Crippen LogP contribution in [0.25, 0.3) is 0 Å². The number of anilines is 1. The van der Waals surface area contributed by atoms with Crippen LogP contribution in [0.4, 0.5) is 10.1 Å². The average Bonchev–Trinajstić information content (AvgIpc) is 2.99. The van der Waals surface area contributed by atoms with Gasteiger partial charge in [0.2, 0.25) is 0 Å². The van der Waals surface area contributed by atoms with Gasteiger partial charge in [0.25, 0.3) is 0 Å². The second-order valence-corrected chi connectivity index (χ2v) is 8.96. The summed E-state index contributed by atoms with van der Waals surface area (Å²) in [6.45, 7) is 7.81. The lowest BCUT2D eigenvalue weighted by atomic mass is 9.93. The van der Waals surface area contributed by atoms with Gasteiger partial charge in [0, 0.05) is 41.6 Å². The third-order valence-corrected chi connectivity index (χ3v) is 7.20. The van der Waals surface area contributed by atoms with Crippen molar-refractivity contribution >= 4 is 17.0 Å². The summed E-state index contributed by atoms with van der Waals surface area (Å²) in [5.41, 5.74) is 4.53. The molecule has 0 spiro atoms. The first kappa shape index (κ1) is 18.0. The van der Waals surface area contributed by atoms with E-state index in [0.717, 1.165) is 31.9 Å². The number of aryl methyl sites for hydroxylation is 2. The maximum Gasteiger partial charge on any atom is 0.123 e. The molecule has 0 unspecified atom stereocenters. The Morgan fingerprint density at radius 2 is 1.73 bits per heavy atom. The zero-order chi connectivity index (χ0) is 17.9. The number of halogens is 1. The molecule has 2 nitrogen and oxygen atoms in total. The number of thiophene rings is 1. The summed E-state index contributed by atoms with van der Waals surface area (Å²) >= 11 is 2.05. The summed E-state index contributed by atoms with van der Waals surface area (Å²) in [5.74, 6) is -0.154. The van der Waals surface area contributed by atoms with Crippen molar-refractivity contribution in [2.75, 3.05) is 37.6 Å². The van der Waals surface area contributed by atoms with Crippen LogP contribution in [-0.2, 0) is 19.3 Å². The lowest BCUT2D eigenvalue weighted by Crippen LogP contribution is -2.46. The molecule has 0 N–H and O–H groups in total. The van der Waals surface area contributed by atoms with Crippen LogP contribution >= 0.6 is 11.3 Å². The summed E-state index contributed by atoms with van der Waals surface area (Å²) in [4.78, 5) is 8.21. The number of benzene rings is 1. The topological polar surface area (TPSA) is 6.48 Å². The van der Waals surface area contributed by atoms with Crippen LogP contribution in [0.5, 0.6) is 0 Å². The molecule has 26 heavy (non-hydrogen) atoms. The molecule has 1 aromatic carbocycles. The molecule has 2 heterocycles. The molecule has 0 radical (unpaired) electrons. The quantitative estimate of drug-likeness (QED) is 0.742. The largest absolute Gasteiger partial charge is 0.369 e. The third-order valence-electron chi connectivity index (χ3n) is 5.95. The molecule has 1 saturated heterocycles. The van der Waals surface area contributed by atoms with Gasteiger partial charge in [-0.2, -0.15) is 0 Å². The van der Waals surface area contributed by atoms with E-state index in [4.69, 9.17) is 0 Å². The molecule has 4 heteroatoms. The molecule has 1 aromatic heterocycles. The predicted molar refractivity (Wildman–Crippen MR) is 109 cm³/mol. The van der Waals surface area contributed by atoms with Gasteiger partial charge in [-0.3, -0.25) is 4.90 Å². The molecule has 0 atom stereocenters. The second kappa shape index (κ2) is 8.10. The minimum absolute atomic E-state index is 0.154. The highest BCUT2D eigenvalue weighted by molar-refractivity contribution is 7.12. The number of fused-ring (bicyclic) bond motifs is 1. The van der Waals surface area contributed by atoms with Crippen LogP contribution < -0.4 is 4.90 Å². The van der Waals surface area contributed by atoms with E-state index in [0.29, 0.717) is 0 Å². The van der Waals surface area contributed by atoms with Crippen LogP contribution in [0.1, 0.15) is 40.1 Å². The van der Waals surface area contributed by atoms with Crippen LogP contribution in [0, 0.1) is 12.7 Å². The fourth-order valence-electron chi connectivity index (χ4n) is 4.46. The number of hydrogen-bond acceptors (Lipinski definition) is 3. The smallest absolute Gasteiger partial charge is 0.123 e. The van der Waals surface area contributed by atoms with Gasteiger partial charge < -0.3 is 4.90 Å². The van der Waals surface area contributed by atoms with Gasteiger partial charge >= 0.3 is 0 Å². The summed E-state index contributed by atoms with van der Waals surface area (Å²) in [6, 6.07) is 6.91. The van der Waals surface area contributed by atoms with Crippen molar-refractivity contribution in [3.63, 3.8) is 0 Å². The SMILES string of the molecule is Cc1sc2c(c1CCCN1CCN(c3ccc(F)cc3)CC1)CCCC2. The van der Waals surface area contributed by atoms with Gasteiger partial charge in [0.05, 0.1) is 0 Å². The monoisotopic (exact) mass is 372 g/mol. The van der Waals surface area contributed by atoms with Crippen molar-refractivity contribution in [1.29, 1.82) is 0 Å². The summed E-state index contributed by atoms with van der Waals surface area (Å²) in [5, 5.41) is 0. The van der Waals surface area contributed by atoms with E-state index in [1.807, 2.05) is 12.1 Å². The fourth-order valence-corrected chi connectivity index (χ4v) is 5.77. The molecule has 1 aliphatic heterocycles. The Bertz CT molecular complexity index is 729. The highest BCUT2D eigenvalue weighted by Gasteiger charge is 2.20. The van der Waals surface area contributed by atoms with E-state index in [2.05, 4.69) is 28.1 Å². The number of hydrogen-bond donors (Lipinski definition) is 0. The molecule has 4 rings (SSSR count). The summed E-state index contributed by atoms with van der Waals surface area (Å²) in [6.07, 6.45) is 7.89. The molecule has 2 aromatic rings. The molecule has 0 bridgehead atoms. The maximum atomic E-state index is 13.1. The molecular formula is C22H29FN2S. The normalized spacial score (nSPS) is 18.2. The van der Waals surface area contributed by atoms with Crippen LogP contribution in [0.2, 0.25) is 0 Å². The van der Waals surface area contributed by atoms with Crippen molar-refractivity contribution in [3.05, 3.63) is 51.0 Å². The molecule has 0 amide bonds. The Balaban J connectivity index is 1.25. The number of rotatable bonds is 5. The van der Waals surface area contributed by atoms with Gasteiger partial charge in [0.15, 0.2) is 0 Å². The van der Waals surface area contributed by atoms with Crippen molar-refractivity contribution in [3.8, 4) is 0 Å². The molecule has 2 aliphatic rings. The first-order valence-corrected chi connectivity index (χ1v) is 10.9. The lowest BCUT2D eigenvalue weighted by Gasteiger charge is -2.36. The minimum Gasteiger partial charge on any atom is -0.369 e. The zero-order valence-corrected chi connectivity index (χ0v) is 16.6. The second-order valence-electron chi connectivity index (χ2n) is 7.65. The zero-order valence-electron chi connectivity index (χ0n) is 15.8. The van der Waals surface area contributed by atoms with Crippen LogP contribution in [0.15, 0.2) is 24.3 Å². The lowest BCUT2D eigenvalue weighted by molar-refractivity contribution is 0.255. The van der Waals surface area contributed by atoms with E-state index in [1.165, 1.54) is 45.1 Å². The first-order chi connectivity index (χ1) is 12.7. The Morgan fingerprint density at radius 1 is 1.00 bits per heavy atom. The van der Waals surface area contributed by atoms with E-state index < -0.39 is 0 Å². The van der Waals surface area contributed by atoms with Crippen molar-refractivity contribution < 1.29 is 4.39 Å². The summed E-state index contributed by atoms with van der Waals surface area (Å²) in [7, 11) is 0. The van der Waals surface area contributed by atoms with Gasteiger partial charge in [-0.05, 0) is 87.4 Å². The minimum atomic E-state index is -0.154. The van der Waals surface area contributed by atoms with E-state index in [9.17, 15) is 4.39 Å². The Kier molecular flexibility index (Phi) is 5.60. The predicted octanol–water partition coefficient (Wildman–Crippen LogP) is 4.83. The molecule has 0 saturated carbocycles. The fraction of sp³-hybridized carbons (Fsp3) is 0.545. The van der Waals surface area contributed by atoms with Crippen molar-refractivity contribution in [2.45, 2.75) is 45.4 Å². The number of piperazine rings is 1. The first-order valence-electron chi connectivity index (χ1n) is 10.0. The van der Waals surface area contributed by atoms with E-state index in [-0.39, 0.29) is 5.82 Å². The maximum absolute atomic E-state index is 13.1. The van der Waals surface area contributed by atoms with Gasteiger partial charge in [-0.25, -0.2) is 4.39 Å². The Hall–Kier alpha value is -1.39. The molecule has 1 aliphatic carbocycles. The van der Waals surface area contributed by atoms with Gasteiger partial charge in [-0.15, -0.1) is 11.3 Å². The van der Waals surface area contributed by atoms with Crippen molar-refractivity contribution in [1.82, 2.24) is 4.90 Å². The van der Waals surface area contributed by atoms with Crippen LogP contribution in [0.3, 0.4) is 0 Å². The van der Waals surface area contributed by atoms with E-state index in [1.54, 1.807) is 33.0 Å². The standard InChI is InChI=1S/C22H29FN2S/c1-17-20(21-5-2-3-7-22(21)26-17)6-4-12-24-13-15-25(16-14-24)19-10-8-18(23)9-11-19/h8-11H,2-7,12-16H2,1H3. The van der Waals surface area contributed by atoms with Crippen molar-refractivity contribution in [2.24, 2.45) is 0 Å². The number of nitrogens with zero attached hydrogens (tertiary/aromatic N) is 2. The molecule has 1 fully saturated rings. The molecular weight excluding hydrogens is 343 g/mol.